The minimum Gasteiger partial charge on any atom is -0.493 e. The van der Waals surface area contributed by atoms with E-state index in [1.165, 1.54) is 24.8 Å². The second-order valence-corrected chi connectivity index (χ2v) is 11.3. The van der Waals surface area contributed by atoms with Gasteiger partial charge in [-0.25, -0.2) is 0 Å². The summed E-state index contributed by atoms with van der Waals surface area (Å²) in [6, 6.07) is 21.6. The molecule has 43 heavy (non-hydrogen) atoms. The largest absolute Gasteiger partial charge is 0.493 e. The number of aryl methyl sites for hydroxylation is 1. The molecular weight excluding hydrogens is 540 g/mol. The summed E-state index contributed by atoms with van der Waals surface area (Å²) < 4.78 is 16.5. The van der Waals surface area contributed by atoms with Crippen molar-refractivity contribution in [3.05, 3.63) is 77.9 Å². The first-order valence-corrected chi connectivity index (χ1v) is 15.4. The fourth-order valence-electron chi connectivity index (χ4n) is 5.92. The number of likely N-dealkylation sites (N-methyl/N-ethyl adjacent to an activating group) is 1. The van der Waals surface area contributed by atoms with Gasteiger partial charge >= 0.3 is 0 Å². The van der Waals surface area contributed by atoms with Gasteiger partial charge in [0.2, 0.25) is 17.6 Å². The van der Waals surface area contributed by atoms with Crippen LogP contribution in [0.5, 0.6) is 17.2 Å². The van der Waals surface area contributed by atoms with Crippen molar-refractivity contribution in [2.45, 2.75) is 70.4 Å². The second-order valence-electron chi connectivity index (χ2n) is 11.3. The van der Waals surface area contributed by atoms with Crippen LogP contribution in [-0.4, -0.2) is 68.6 Å². The number of ether oxygens (including phenoxy) is 3. The highest BCUT2D eigenvalue weighted by Crippen LogP contribution is 2.41. The Hall–Kier alpha value is -4.00. The molecule has 3 aromatic rings. The van der Waals surface area contributed by atoms with Crippen molar-refractivity contribution in [3.63, 3.8) is 0 Å². The molecule has 230 valence electrons. The Morgan fingerprint density at radius 2 is 1.28 bits per heavy atom. The molecule has 2 amide bonds. The average molecular weight is 587 g/mol. The molecule has 1 heterocycles. The molecule has 2 atom stereocenters. The minimum absolute atomic E-state index is 0.000412. The number of hydrogen-bond acceptors (Lipinski definition) is 5. The van der Waals surface area contributed by atoms with Gasteiger partial charge in [-0.3, -0.25) is 9.59 Å². The minimum atomic E-state index is -0.506. The van der Waals surface area contributed by atoms with Crippen molar-refractivity contribution >= 4 is 11.8 Å². The van der Waals surface area contributed by atoms with Gasteiger partial charge in [0, 0.05) is 20.0 Å². The van der Waals surface area contributed by atoms with Crippen LogP contribution in [0.1, 0.15) is 56.6 Å². The number of nitrogens with zero attached hydrogens (tertiary/aromatic N) is 2. The number of hydrogen-bond donors (Lipinski definition) is 0. The van der Waals surface area contributed by atoms with Gasteiger partial charge in [0.05, 0.1) is 21.3 Å². The van der Waals surface area contributed by atoms with Gasteiger partial charge in [0.25, 0.3) is 0 Å². The van der Waals surface area contributed by atoms with E-state index in [2.05, 4.69) is 30.3 Å². The molecule has 1 fully saturated rings. The van der Waals surface area contributed by atoms with Crippen LogP contribution in [0.2, 0.25) is 0 Å². The van der Waals surface area contributed by atoms with Crippen LogP contribution >= 0.6 is 0 Å². The average Bonchev–Trinajstić information content (AvgIpc) is 3.04. The van der Waals surface area contributed by atoms with Crippen LogP contribution in [0.3, 0.4) is 0 Å². The lowest BCUT2D eigenvalue weighted by molar-refractivity contribution is -0.159. The number of unbranched alkanes of at least 4 members (excludes halogenated alkanes) is 5. The molecule has 3 aromatic carbocycles. The first kappa shape index (κ1) is 31.9. The highest BCUT2D eigenvalue weighted by Gasteiger charge is 2.41. The maximum Gasteiger partial charge on any atom is 0.246 e. The Morgan fingerprint density at radius 1 is 0.674 bits per heavy atom. The van der Waals surface area contributed by atoms with Crippen LogP contribution in [0.15, 0.2) is 66.7 Å². The molecule has 0 saturated carbocycles. The van der Waals surface area contributed by atoms with Crippen LogP contribution in [0.25, 0.3) is 11.1 Å². The molecule has 4 rings (SSSR count). The molecule has 0 unspecified atom stereocenters. The highest BCUT2D eigenvalue weighted by atomic mass is 16.5. The van der Waals surface area contributed by atoms with Gasteiger partial charge in [-0.1, -0.05) is 80.3 Å². The van der Waals surface area contributed by atoms with Crippen molar-refractivity contribution < 1.29 is 23.8 Å². The molecule has 7 heteroatoms. The highest BCUT2D eigenvalue weighted by molar-refractivity contribution is 5.96. The molecule has 0 spiro atoms. The quantitative estimate of drug-likeness (QED) is 0.189. The monoisotopic (exact) mass is 586 g/mol. The van der Waals surface area contributed by atoms with Gasteiger partial charge in [0.1, 0.15) is 12.1 Å². The number of amides is 2. The number of piperazine rings is 1. The summed E-state index contributed by atoms with van der Waals surface area (Å²) in [7, 11) is 6.53. The van der Waals surface area contributed by atoms with E-state index in [1.54, 1.807) is 38.2 Å². The van der Waals surface area contributed by atoms with Crippen molar-refractivity contribution in [2.24, 2.45) is 0 Å². The van der Waals surface area contributed by atoms with Gasteiger partial charge in [-0.2, -0.15) is 0 Å². The molecule has 0 aromatic heterocycles. The number of methoxy groups -OCH3 is 3. The zero-order chi connectivity index (χ0) is 30.8. The predicted molar refractivity (Wildman–Crippen MR) is 171 cm³/mol. The lowest BCUT2D eigenvalue weighted by Crippen LogP contribution is -2.63. The molecule has 0 bridgehead atoms. The summed E-state index contributed by atoms with van der Waals surface area (Å²) in [6.07, 6.45) is 8.37. The molecule has 1 saturated heterocycles. The molecule has 0 N–H and O–H groups in total. The van der Waals surface area contributed by atoms with Gasteiger partial charge in [-0.05, 0) is 60.6 Å². The van der Waals surface area contributed by atoms with Crippen LogP contribution < -0.4 is 14.2 Å². The first-order valence-electron chi connectivity index (χ1n) is 15.4. The number of carbonyl (C=O) groups is 2. The zero-order valence-electron chi connectivity index (χ0n) is 26.3. The van der Waals surface area contributed by atoms with Gasteiger partial charge in [0.15, 0.2) is 11.5 Å². The van der Waals surface area contributed by atoms with Crippen molar-refractivity contribution in [2.75, 3.05) is 34.9 Å². The number of benzene rings is 3. The normalized spacial score (nSPS) is 16.9. The Bertz CT molecular complexity index is 1320. The summed E-state index contributed by atoms with van der Waals surface area (Å²) in [5, 5.41) is 0. The SMILES string of the molecule is COc1cc(-c2ccc(C[C@H]3C(=O)N(CCCCCCCCc4ccccc4)[C@@H](C)C(=O)N3C)cc2)cc(OC)c1OC. The third-order valence-electron chi connectivity index (χ3n) is 8.55. The standard InChI is InChI=1S/C36H46N2O5/c1-26-35(39)37(2)31(36(40)38(26)22-14-9-7-6-8-11-15-27-16-12-10-13-17-27)23-28-18-20-29(21-19-28)30-24-32(41-3)34(43-5)33(25-30)42-4/h10,12-13,16-21,24-26,31H,6-9,11,14-15,22-23H2,1-5H3/t26-,31-/m0/s1. The van der Waals surface area contributed by atoms with Crippen LogP contribution in [-0.2, 0) is 22.4 Å². The van der Waals surface area contributed by atoms with E-state index >= 15 is 0 Å². The first-order chi connectivity index (χ1) is 20.9. The molecule has 1 aliphatic heterocycles. The lowest BCUT2D eigenvalue weighted by atomic mass is 9.96. The summed E-state index contributed by atoms with van der Waals surface area (Å²) in [5.74, 6) is 1.76. The van der Waals surface area contributed by atoms with Crippen molar-refractivity contribution in [1.82, 2.24) is 9.80 Å². The summed E-state index contributed by atoms with van der Waals surface area (Å²) in [5.41, 5.74) is 4.31. The fraction of sp³-hybridized carbons (Fsp3) is 0.444. The fourth-order valence-corrected chi connectivity index (χ4v) is 5.92. The Morgan fingerprint density at radius 3 is 1.88 bits per heavy atom. The zero-order valence-corrected chi connectivity index (χ0v) is 26.3. The molecular formula is C36H46N2O5. The van der Waals surface area contributed by atoms with Crippen molar-refractivity contribution in [1.29, 1.82) is 0 Å². The molecule has 7 nitrogen and oxygen atoms in total. The smallest absolute Gasteiger partial charge is 0.246 e. The maximum atomic E-state index is 13.6. The molecule has 0 aliphatic carbocycles. The topological polar surface area (TPSA) is 68.3 Å². The van der Waals surface area contributed by atoms with Gasteiger partial charge < -0.3 is 24.0 Å². The third kappa shape index (κ3) is 7.89. The number of carbonyl (C=O) groups excluding carboxylic acids is 2. The van der Waals surface area contributed by atoms with E-state index in [0.717, 1.165) is 42.4 Å². The second kappa shape index (κ2) is 15.5. The van der Waals surface area contributed by atoms with E-state index < -0.39 is 12.1 Å². The Labute approximate surface area is 256 Å². The van der Waals surface area contributed by atoms with Crippen molar-refractivity contribution in [3.8, 4) is 28.4 Å². The summed E-state index contributed by atoms with van der Waals surface area (Å²) in [6.45, 7) is 2.48. The van der Waals surface area contributed by atoms with E-state index in [0.29, 0.717) is 30.2 Å². The molecule has 0 radical (unpaired) electrons. The van der Waals surface area contributed by atoms with E-state index in [-0.39, 0.29) is 11.8 Å². The third-order valence-corrected chi connectivity index (χ3v) is 8.55. The number of rotatable bonds is 15. The lowest BCUT2D eigenvalue weighted by Gasteiger charge is -2.42. The van der Waals surface area contributed by atoms with E-state index in [1.807, 2.05) is 43.3 Å². The Balaban J connectivity index is 1.31. The van der Waals surface area contributed by atoms with E-state index in [9.17, 15) is 9.59 Å². The van der Waals surface area contributed by atoms with Crippen LogP contribution in [0, 0.1) is 0 Å². The summed E-state index contributed by atoms with van der Waals surface area (Å²) >= 11 is 0. The van der Waals surface area contributed by atoms with Gasteiger partial charge in [-0.15, -0.1) is 0 Å². The van der Waals surface area contributed by atoms with E-state index in [4.69, 9.17) is 14.2 Å². The Kier molecular flexibility index (Phi) is 11.5. The van der Waals surface area contributed by atoms with Crippen LogP contribution in [0.4, 0.5) is 0 Å². The predicted octanol–water partition coefficient (Wildman–Crippen LogP) is 6.56. The maximum absolute atomic E-state index is 13.6. The molecule has 1 aliphatic rings. The summed E-state index contributed by atoms with van der Waals surface area (Å²) in [4.78, 5) is 30.2.